The Morgan fingerprint density at radius 2 is 1.81 bits per heavy atom. The first kappa shape index (κ1) is 29.0. The molecule has 0 spiro atoms. The molecule has 3 aromatic carbocycles. The van der Waals surface area contributed by atoms with Crippen LogP contribution < -0.4 is 26.6 Å². The van der Waals surface area contributed by atoms with E-state index in [-0.39, 0.29) is 17.4 Å². The van der Waals surface area contributed by atoms with Crippen molar-refractivity contribution >= 4 is 11.6 Å². The van der Waals surface area contributed by atoms with Crippen LogP contribution in [0.5, 0.6) is 5.75 Å². The molecule has 4 aromatic rings. The number of aromatic nitrogens is 2. The quantitative estimate of drug-likeness (QED) is 0.290. The van der Waals surface area contributed by atoms with Crippen LogP contribution in [0, 0.1) is 19.7 Å². The molecule has 10 heteroatoms. The Morgan fingerprint density at radius 1 is 1.10 bits per heavy atom. The van der Waals surface area contributed by atoms with Gasteiger partial charge in [0.05, 0.1) is 13.7 Å². The standard InChI is InChI=1S/C32H33FN4O5/c1-18-22(20-13-27(33)25(29(14-20)41-4)15-34-21-11-12-42-17-21)7-5-8-23(18)24-9-6-10-28(19(24)2)36-30(38)26-16-35-32(40)37(3)31(26)39/h5-10,13-14,16,21,34H,11-12,15,17H2,1-4H3,(H,35,40)(H,36,38)/t21-/m0/s1. The first-order valence-electron chi connectivity index (χ1n) is 13.7. The Hall–Kier alpha value is -4.54. The van der Waals surface area contributed by atoms with E-state index < -0.39 is 17.2 Å². The molecule has 0 aliphatic carbocycles. The predicted molar refractivity (Wildman–Crippen MR) is 160 cm³/mol. The number of carbonyl (C=O) groups excluding carboxylic acids is 1. The van der Waals surface area contributed by atoms with Gasteiger partial charge in [-0.25, -0.2) is 9.18 Å². The SMILES string of the molecule is COc1cc(-c2cccc(-c3cccc(NC(=O)c4c[nH]c(=O)n(C)c4=O)c3C)c2C)cc(F)c1CN[C@H]1CCOC1. The van der Waals surface area contributed by atoms with E-state index in [0.29, 0.717) is 42.3 Å². The van der Waals surface area contributed by atoms with Crippen LogP contribution in [0.3, 0.4) is 0 Å². The van der Waals surface area contributed by atoms with E-state index in [1.54, 1.807) is 6.07 Å². The number of H-pyrrole nitrogens is 1. The number of halogens is 1. The molecule has 1 aliphatic heterocycles. The van der Waals surface area contributed by atoms with E-state index in [1.165, 1.54) is 20.2 Å². The summed E-state index contributed by atoms with van der Waals surface area (Å²) in [7, 11) is 2.84. The Kier molecular flexibility index (Phi) is 8.37. The van der Waals surface area contributed by atoms with Gasteiger partial charge in [0, 0.05) is 43.7 Å². The number of nitrogens with one attached hydrogen (secondary N) is 3. The molecule has 0 saturated carbocycles. The zero-order valence-corrected chi connectivity index (χ0v) is 24.0. The van der Waals surface area contributed by atoms with Crippen LogP contribution in [0.1, 0.15) is 33.5 Å². The second-order valence-electron chi connectivity index (χ2n) is 10.4. The summed E-state index contributed by atoms with van der Waals surface area (Å²) in [5.74, 6) is -0.513. The molecular formula is C32H33FN4O5. The Bertz CT molecular complexity index is 1770. The number of rotatable bonds is 8. The van der Waals surface area contributed by atoms with Crippen LogP contribution in [0.4, 0.5) is 10.1 Å². The smallest absolute Gasteiger partial charge is 0.328 e. The molecule has 1 atom stereocenters. The van der Waals surface area contributed by atoms with Crippen molar-refractivity contribution in [1.29, 1.82) is 0 Å². The number of hydrogen-bond acceptors (Lipinski definition) is 6. The minimum atomic E-state index is -0.689. The maximum atomic E-state index is 15.4. The highest BCUT2D eigenvalue weighted by Gasteiger charge is 2.20. The van der Waals surface area contributed by atoms with Crippen molar-refractivity contribution in [2.75, 3.05) is 25.6 Å². The first-order chi connectivity index (χ1) is 20.2. The molecule has 1 amide bonds. The Morgan fingerprint density at radius 3 is 2.52 bits per heavy atom. The molecule has 218 valence electrons. The summed E-state index contributed by atoms with van der Waals surface area (Å²) in [6.07, 6.45) is 2.01. The molecule has 0 bridgehead atoms. The third-order valence-corrected chi connectivity index (χ3v) is 7.81. The molecule has 1 aromatic heterocycles. The van der Waals surface area contributed by atoms with Gasteiger partial charge >= 0.3 is 5.69 Å². The van der Waals surface area contributed by atoms with Crippen LogP contribution in [0.2, 0.25) is 0 Å². The van der Waals surface area contributed by atoms with Crippen molar-refractivity contribution in [3.63, 3.8) is 0 Å². The number of carbonyl (C=O) groups is 1. The highest BCUT2D eigenvalue weighted by molar-refractivity contribution is 6.04. The first-order valence-corrected chi connectivity index (χ1v) is 13.7. The van der Waals surface area contributed by atoms with Crippen LogP contribution in [0.15, 0.2) is 64.3 Å². The third kappa shape index (κ3) is 5.63. The fourth-order valence-electron chi connectivity index (χ4n) is 5.28. The van der Waals surface area contributed by atoms with Gasteiger partial charge in [-0.05, 0) is 71.8 Å². The topological polar surface area (TPSA) is 114 Å². The molecule has 9 nitrogen and oxygen atoms in total. The number of aromatic amines is 1. The number of anilines is 1. The second kappa shape index (κ2) is 12.1. The van der Waals surface area contributed by atoms with Crippen LogP contribution in [-0.2, 0) is 18.3 Å². The van der Waals surface area contributed by atoms with Gasteiger partial charge in [-0.15, -0.1) is 0 Å². The van der Waals surface area contributed by atoms with Crippen molar-refractivity contribution in [2.45, 2.75) is 32.9 Å². The number of nitrogens with zero attached hydrogens (tertiary/aromatic N) is 1. The number of methoxy groups -OCH3 is 1. The third-order valence-electron chi connectivity index (χ3n) is 7.81. The van der Waals surface area contributed by atoms with E-state index in [0.717, 1.165) is 45.0 Å². The summed E-state index contributed by atoms with van der Waals surface area (Å²) >= 11 is 0. The zero-order valence-electron chi connectivity index (χ0n) is 24.0. The highest BCUT2D eigenvalue weighted by atomic mass is 19.1. The lowest BCUT2D eigenvalue weighted by molar-refractivity contribution is 0.102. The van der Waals surface area contributed by atoms with Gasteiger partial charge in [0.25, 0.3) is 11.5 Å². The Labute approximate surface area is 242 Å². The van der Waals surface area contributed by atoms with Gasteiger partial charge in [-0.3, -0.25) is 14.2 Å². The monoisotopic (exact) mass is 572 g/mol. The van der Waals surface area contributed by atoms with E-state index in [2.05, 4.69) is 15.6 Å². The average Bonchev–Trinajstić information content (AvgIpc) is 3.50. The number of amides is 1. The van der Waals surface area contributed by atoms with Crippen LogP contribution in [-0.4, -0.2) is 41.8 Å². The molecule has 0 unspecified atom stereocenters. The number of ether oxygens (including phenoxy) is 2. The zero-order chi connectivity index (χ0) is 30.0. The molecule has 0 radical (unpaired) electrons. The van der Waals surface area contributed by atoms with Crippen LogP contribution >= 0.6 is 0 Å². The maximum Gasteiger partial charge on any atom is 0.328 e. The van der Waals surface area contributed by atoms with Crippen molar-refractivity contribution in [3.05, 3.63) is 104 Å². The van der Waals surface area contributed by atoms with Crippen LogP contribution in [0.25, 0.3) is 22.3 Å². The number of hydrogen-bond donors (Lipinski definition) is 3. The van der Waals surface area contributed by atoms with Crippen molar-refractivity contribution in [2.24, 2.45) is 7.05 Å². The molecule has 2 heterocycles. The summed E-state index contributed by atoms with van der Waals surface area (Å²) in [6.45, 7) is 5.51. The summed E-state index contributed by atoms with van der Waals surface area (Å²) in [5, 5.41) is 6.15. The van der Waals surface area contributed by atoms with Gasteiger partial charge in [-0.2, -0.15) is 0 Å². The Balaban J connectivity index is 1.46. The summed E-state index contributed by atoms with van der Waals surface area (Å²) in [5.41, 5.74) is 4.55. The lowest BCUT2D eigenvalue weighted by atomic mass is 9.90. The van der Waals surface area contributed by atoms with Crippen molar-refractivity contribution in [1.82, 2.24) is 14.9 Å². The maximum absolute atomic E-state index is 15.4. The predicted octanol–water partition coefficient (Wildman–Crippen LogP) is 4.30. The molecule has 1 saturated heterocycles. The van der Waals surface area contributed by atoms with Gasteiger partial charge in [-0.1, -0.05) is 30.3 Å². The molecule has 5 rings (SSSR count). The van der Waals surface area contributed by atoms with Gasteiger partial charge in [0.1, 0.15) is 17.1 Å². The fraction of sp³-hybridized carbons (Fsp3) is 0.281. The molecule has 1 aliphatic rings. The highest BCUT2D eigenvalue weighted by Crippen LogP contribution is 2.37. The normalized spacial score (nSPS) is 14.6. The fourth-order valence-corrected chi connectivity index (χ4v) is 5.28. The lowest BCUT2D eigenvalue weighted by Gasteiger charge is -2.18. The van der Waals surface area contributed by atoms with E-state index >= 15 is 4.39 Å². The van der Waals surface area contributed by atoms with Crippen molar-refractivity contribution < 1.29 is 18.7 Å². The largest absolute Gasteiger partial charge is 0.496 e. The molecule has 1 fully saturated rings. The van der Waals surface area contributed by atoms with Gasteiger partial charge < -0.3 is 25.1 Å². The molecular weight excluding hydrogens is 539 g/mol. The van der Waals surface area contributed by atoms with Gasteiger partial charge in [0.15, 0.2) is 0 Å². The second-order valence-corrected chi connectivity index (χ2v) is 10.4. The summed E-state index contributed by atoms with van der Waals surface area (Å²) in [4.78, 5) is 39.5. The summed E-state index contributed by atoms with van der Waals surface area (Å²) < 4.78 is 27.3. The van der Waals surface area contributed by atoms with Crippen molar-refractivity contribution in [3.8, 4) is 28.0 Å². The summed E-state index contributed by atoms with van der Waals surface area (Å²) in [6, 6.07) is 14.9. The molecule has 42 heavy (non-hydrogen) atoms. The number of benzene rings is 3. The minimum absolute atomic E-state index is 0.175. The van der Waals surface area contributed by atoms with E-state index in [4.69, 9.17) is 9.47 Å². The van der Waals surface area contributed by atoms with Gasteiger partial charge in [0.2, 0.25) is 0 Å². The average molecular weight is 573 g/mol. The van der Waals surface area contributed by atoms with E-state index in [1.807, 2.05) is 50.2 Å². The van der Waals surface area contributed by atoms with E-state index in [9.17, 15) is 14.4 Å². The molecule has 3 N–H and O–H groups in total. The lowest BCUT2D eigenvalue weighted by Crippen LogP contribution is -2.37. The minimum Gasteiger partial charge on any atom is -0.496 e.